The van der Waals surface area contributed by atoms with Gasteiger partial charge in [0.05, 0.1) is 5.52 Å². The molecule has 2 aromatic heterocycles. The van der Waals surface area contributed by atoms with Gasteiger partial charge in [-0.1, -0.05) is 17.7 Å². The standard InChI is InChI=1S/C25H25ClN6O/c1-16-13-17(2)31-25(30-16)32-20-6-3-5-18(14-20)24(33)29-11-4-10-27-22-9-12-28-23-15-19(26)7-8-21(22)23/h3,5-9,12-15H,4,10-11H2,1-2H3,(H,27,28)(H,29,33)(H,30,31,32). The van der Waals surface area contributed by atoms with Crippen molar-refractivity contribution in [1.82, 2.24) is 20.3 Å². The molecule has 0 aliphatic rings. The molecule has 4 rings (SSSR count). The predicted octanol–water partition coefficient (Wildman–Crippen LogP) is 5.27. The van der Waals surface area contributed by atoms with Crippen LogP contribution < -0.4 is 16.0 Å². The van der Waals surface area contributed by atoms with E-state index >= 15 is 0 Å². The molecule has 0 bridgehead atoms. The fourth-order valence-electron chi connectivity index (χ4n) is 3.54. The van der Waals surface area contributed by atoms with Gasteiger partial charge in [0.1, 0.15) is 0 Å². The smallest absolute Gasteiger partial charge is 0.251 e. The molecule has 0 aliphatic heterocycles. The zero-order valence-electron chi connectivity index (χ0n) is 18.5. The van der Waals surface area contributed by atoms with Gasteiger partial charge in [-0.3, -0.25) is 9.78 Å². The molecule has 8 heteroatoms. The first-order valence-electron chi connectivity index (χ1n) is 10.7. The highest BCUT2D eigenvalue weighted by molar-refractivity contribution is 6.31. The first kappa shape index (κ1) is 22.5. The lowest BCUT2D eigenvalue weighted by molar-refractivity contribution is 0.0953. The molecule has 4 aromatic rings. The van der Waals surface area contributed by atoms with Crippen molar-refractivity contribution in [2.75, 3.05) is 23.7 Å². The number of hydrogen-bond acceptors (Lipinski definition) is 6. The molecule has 2 aromatic carbocycles. The molecule has 33 heavy (non-hydrogen) atoms. The van der Waals surface area contributed by atoms with Crippen LogP contribution in [0.5, 0.6) is 0 Å². The zero-order valence-corrected chi connectivity index (χ0v) is 19.3. The number of carbonyl (C=O) groups is 1. The molecule has 0 atom stereocenters. The molecule has 0 spiro atoms. The number of aryl methyl sites for hydroxylation is 2. The van der Waals surface area contributed by atoms with Gasteiger partial charge in [-0.25, -0.2) is 9.97 Å². The van der Waals surface area contributed by atoms with Crippen LogP contribution in [0.25, 0.3) is 10.9 Å². The van der Waals surface area contributed by atoms with Crippen molar-refractivity contribution in [3.8, 4) is 0 Å². The van der Waals surface area contributed by atoms with Crippen LogP contribution in [0.15, 0.2) is 60.8 Å². The van der Waals surface area contributed by atoms with Crippen LogP contribution in [0.2, 0.25) is 5.02 Å². The van der Waals surface area contributed by atoms with Crippen LogP contribution in [0.1, 0.15) is 28.2 Å². The molecule has 0 radical (unpaired) electrons. The van der Waals surface area contributed by atoms with Gasteiger partial charge in [-0.2, -0.15) is 0 Å². The number of aromatic nitrogens is 3. The molecular weight excluding hydrogens is 436 g/mol. The molecule has 7 nitrogen and oxygen atoms in total. The maximum Gasteiger partial charge on any atom is 0.251 e. The van der Waals surface area contributed by atoms with E-state index in [2.05, 4.69) is 30.9 Å². The number of nitrogens with zero attached hydrogens (tertiary/aromatic N) is 3. The molecule has 3 N–H and O–H groups in total. The number of anilines is 3. The van der Waals surface area contributed by atoms with Gasteiger partial charge in [-0.15, -0.1) is 0 Å². The third kappa shape index (κ3) is 5.96. The second-order valence-electron chi connectivity index (χ2n) is 7.74. The number of amides is 1. The van der Waals surface area contributed by atoms with Crippen molar-refractivity contribution in [2.24, 2.45) is 0 Å². The Morgan fingerprint density at radius 3 is 2.61 bits per heavy atom. The number of fused-ring (bicyclic) bond motifs is 1. The van der Waals surface area contributed by atoms with E-state index in [4.69, 9.17) is 11.6 Å². The fraction of sp³-hybridized carbons (Fsp3) is 0.200. The van der Waals surface area contributed by atoms with Crippen molar-refractivity contribution >= 4 is 45.7 Å². The second-order valence-corrected chi connectivity index (χ2v) is 8.17. The summed E-state index contributed by atoms with van der Waals surface area (Å²) in [5, 5.41) is 11.2. The molecule has 0 saturated heterocycles. The maximum atomic E-state index is 12.6. The fourth-order valence-corrected chi connectivity index (χ4v) is 3.71. The summed E-state index contributed by atoms with van der Waals surface area (Å²) >= 11 is 6.05. The lowest BCUT2D eigenvalue weighted by Gasteiger charge is -2.11. The van der Waals surface area contributed by atoms with Gasteiger partial charge in [0.15, 0.2) is 0 Å². The van der Waals surface area contributed by atoms with E-state index in [1.165, 1.54) is 0 Å². The van der Waals surface area contributed by atoms with Crippen molar-refractivity contribution in [3.63, 3.8) is 0 Å². The van der Waals surface area contributed by atoms with Gasteiger partial charge in [-0.05, 0) is 68.8 Å². The third-order valence-corrected chi connectivity index (χ3v) is 5.26. The predicted molar refractivity (Wildman–Crippen MR) is 133 cm³/mol. The summed E-state index contributed by atoms with van der Waals surface area (Å²) < 4.78 is 0. The van der Waals surface area contributed by atoms with Crippen molar-refractivity contribution < 1.29 is 4.79 Å². The van der Waals surface area contributed by atoms with Crippen molar-refractivity contribution in [3.05, 3.63) is 82.8 Å². The topological polar surface area (TPSA) is 91.8 Å². The highest BCUT2D eigenvalue weighted by Crippen LogP contribution is 2.24. The molecule has 0 fully saturated rings. The van der Waals surface area contributed by atoms with Crippen LogP contribution >= 0.6 is 11.6 Å². The number of halogens is 1. The Morgan fingerprint density at radius 1 is 0.970 bits per heavy atom. The van der Waals surface area contributed by atoms with E-state index in [0.717, 1.165) is 40.1 Å². The summed E-state index contributed by atoms with van der Waals surface area (Å²) in [6.45, 7) is 5.11. The third-order valence-electron chi connectivity index (χ3n) is 5.02. The maximum absolute atomic E-state index is 12.6. The number of carbonyl (C=O) groups excluding carboxylic acids is 1. The van der Waals surface area contributed by atoms with Crippen LogP contribution in [-0.2, 0) is 0 Å². The quantitative estimate of drug-likeness (QED) is 0.310. The molecule has 2 heterocycles. The summed E-state index contributed by atoms with van der Waals surface area (Å²) in [4.78, 5) is 25.7. The first-order chi connectivity index (χ1) is 16.0. The van der Waals surface area contributed by atoms with E-state index in [1.54, 1.807) is 18.3 Å². The number of nitrogens with one attached hydrogen (secondary N) is 3. The Hall–Kier alpha value is -3.71. The average molecular weight is 461 g/mol. The van der Waals surface area contributed by atoms with Crippen molar-refractivity contribution in [1.29, 1.82) is 0 Å². The van der Waals surface area contributed by atoms with E-state index < -0.39 is 0 Å². The summed E-state index contributed by atoms with van der Waals surface area (Å²) in [6, 6.07) is 16.8. The molecule has 0 unspecified atom stereocenters. The van der Waals surface area contributed by atoms with E-state index in [-0.39, 0.29) is 5.91 Å². The minimum atomic E-state index is -0.121. The Morgan fingerprint density at radius 2 is 1.79 bits per heavy atom. The lowest BCUT2D eigenvalue weighted by atomic mass is 10.2. The van der Waals surface area contributed by atoms with Crippen LogP contribution in [0, 0.1) is 13.8 Å². The normalized spacial score (nSPS) is 10.8. The number of hydrogen-bond donors (Lipinski definition) is 3. The first-order valence-corrected chi connectivity index (χ1v) is 11.1. The Labute approximate surface area is 197 Å². The minimum Gasteiger partial charge on any atom is -0.384 e. The summed E-state index contributed by atoms with van der Waals surface area (Å²) in [5.74, 6) is 0.394. The second kappa shape index (κ2) is 10.3. The van der Waals surface area contributed by atoms with Crippen LogP contribution in [0.4, 0.5) is 17.3 Å². The average Bonchev–Trinajstić information content (AvgIpc) is 2.78. The monoisotopic (exact) mass is 460 g/mol. The molecule has 168 valence electrons. The van der Waals surface area contributed by atoms with E-state index in [1.807, 2.05) is 56.3 Å². The van der Waals surface area contributed by atoms with Crippen LogP contribution in [0.3, 0.4) is 0 Å². The Balaban J connectivity index is 1.28. The summed E-state index contributed by atoms with van der Waals surface area (Å²) in [6.07, 6.45) is 2.53. The SMILES string of the molecule is Cc1cc(C)nc(Nc2cccc(C(=O)NCCCNc3ccnc4cc(Cl)ccc34)c2)n1. The Bertz CT molecular complexity index is 1270. The Kier molecular flexibility index (Phi) is 7.00. The number of pyridine rings is 1. The van der Waals surface area contributed by atoms with Gasteiger partial charge < -0.3 is 16.0 Å². The molecule has 0 saturated carbocycles. The molecule has 0 aliphatic carbocycles. The highest BCUT2D eigenvalue weighted by Gasteiger charge is 2.08. The minimum absolute atomic E-state index is 0.121. The van der Waals surface area contributed by atoms with Crippen molar-refractivity contribution in [2.45, 2.75) is 20.3 Å². The highest BCUT2D eigenvalue weighted by atomic mass is 35.5. The van der Waals surface area contributed by atoms with Gasteiger partial charge in [0.25, 0.3) is 5.91 Å². The van der Waals surface area contributed by atoms with Gasteiger partial charge >= 0.3 is 0 Å². The summed E-state index contributed by atoms with van der Waals surface area (Å²) in [7, 11) is 0. The van der Waals surface area contributed by atoms with Crippen LogP contribution in [-0.4, -0.2) is 33.9 Å². The molecule has 1 amide bonds. The summed E-state index contributed by atoms with van der Waals surface area (Å²) in [5.41, 5.74) is 4.95. The number of rotatable bonds is 8. The van der Waals surface area contributed by atoms with E-state index in [9.17, 15) is 4.79 Å². The largest absolute Gasteiger partial charge is 0.384 e. The lowest BCUT2D eigenvalue weighted by Crippen LogP contribution is -2.25. The molecular formula is C25H25ClN6O. The van der Waals surface area contributed by atoms with E-state index in [0.29, 0.717) is 29.6 Å². The van der Waals surface area contributed by atoms with Gasteiger partial charge in [0.2, 0.25) is 5.95 Å². The van der Waals surface area contributed by atoms with Gasteiger partial charge in [0, 0.05) is 58.0 Å². The zero-order chi connectivity index (χ0) is 23.2. The number of benzene rings is 2.